The molecule has 134 valence electrons. The van der Waals surface area contributed by atoms with Crippen molar-refractivity contribution in [2.24, 2.45) is 11.8 Å². The van der Waals surface area contributed by atoms with Gasteiger partial charge in [-0.25, -0.2) is 4.98 Å². The standard InChI is InChI=1S/C18H16ClN3O3S/c19-13-6-2-3-10(8-13)15-14(9-20)26-18(21-15)22-16(23)11-4-1-5-12(7-11)17(24)25/h2-3,6,8,11-12H,1,4-5,7H2,(H,24,25)(H,21,22,23)/t11-,12-/m1/s1. The SMILES string of the molecule is N#Cc1sc(NC(=O)[C@@H]2CCC[C@@H](C(=O)O)C2)nc1-c1cccc(Cl)c1. The first-order chi connectivity index (χ1) is 12.5. The number of nitriles is 1. The number of carboxylic acids is 1. The predicted octanol–water partition coefficient (Wildman–Crippen LogP) is 4.16. The quantitative estimate of drug-likeness (QED) is 0.816. The Balaban J connectivity index is 1.77. The van der Waals surface area contributed by atoms with Crippen LogP contribution in [0.4, 0.5) is 5.13 Å². The Morgan fingerprint density at radius 1 is 1.35 bits per heavy atom. The zero-order chi connectivity index (χ0) is 18.7. The second-order valence-corrected chi connectivity index (χ2v) is 7.64. The van der Waals surface area contributed by atoms with Gasteiger partial charge < -0.3 is 10.4 Å². The van der Waals surface area contributed by atoms with Gasteiger partial charge in [0.05, 0.1) is 5.92 Å². The number of amides is 1. The molecule has 1 aromatic heterocycles. The van der Waals surface area contributed by atoms with Crippen molar-refractivity contribution in [2.75, 3.05) is 5.32 Å². The molecule has 1 saturated carbocycles. The van der Waals surface area contributed by atoms with Crippen LogP contribution in [0.3, 0.4) is 0 Å². The number of benzene rings is 1. The van der Waals surface area contributed by atoms with Crippen LogP contribution in [0, 0.1) is 23.2 Å². The lowest BCUT2D eigenvalue weighted by molar-refractivity contribution is -0.143. The maximum absolute atomic E-state index is 12.5. The molecule has 1 amide bonds. The summed E-state index contributed by atoms with van der Waals surface area (Å²) in [5.74, 6) is -1.93. The Morgan fingerprint density at radius 2 is 2.12 bits per heavy atom. The van der Waals surface area contributed by atoms with Gasteiger partial charge in [0.25, 0.3) is 0 Å². The maximum Gasteiger partial charge on any atom is 0.306 e. The minimum atomic E-state index is -0.855. The number of thiazole rings is 1. The molecule has 2 aromatic rings. The van der Waals surface area contributed by atoms with Crippen LogP contribution in [0.1, 0.15) is 30.6 Å². The molecule has 0 spiro atoms. The number of aliphatic carboxylic acids is 1. The molecule has 26 heavy (non-hydrogen) atoms. The summed E-state index contributed by atoms with van der Waals surface area (Å²) in [6.45, 7) is 0. The summed E-state index contributed by atoms with van der Waals surface area (Å²) >= 11 is 7.09. The summed E-state index contributed by atoms with van der Waals surface area (Å²) in [4.78, 5) is 28.4. The number of anilines is 1. The summed E-state index contributed by atoms with van der Waals surface area (Å²) in [6, 6.07) is 9.10. The molecule has 1 aliphatic carbocycles. The number of carboxylic acid groups (broad SMARTS) is 1. The third-order valence-electron chi connectivity index (χ3n) is 4.45. The molecule has 0 radical (unpaired) electrons. The van der Waals surface area contributed by atoms with Crippen LogP contribution in [0.25, 0.3) is 11.3 Å². The van der Waals surface area contributed by atoms with Gasteiger partial charge in [-0.2, -0.15) is 5.26 Å². The monoisotopic (exact) mass is 389 g/mol. The summed E-state index contributed by atoms with van der Waals surface area (Å²) in [6.07, 6.45) is 2.31. The second kappa shape index (κ2) is 7.85. The fraction of sp³-hybridized carbons (Fsp3) is 0.333. The zero-order valence-electron chi connectivity index (χ0n) is 13.7. The first-order valence-electron chi connectivity index (χ1n) is 8.18. The van der Waals surface area contributed by atoms with E-state index in [2.05, 4.69) is 16.4 Å². The lowest BCUT2D eigenvalue weighted by atomic mass is 9.81. The number of hydrogen-bond donors (Lipinski definition) is 2. The normalized spacial score (nSPS) is 19.5. The number of nitrogens with zero attached hydrogens (tertiary/aromatic N) is 2. The van der Waals surface area contributed by atoms with E-state index in [4.69, 9.17) is 16.7 Å². The molecule has 0 bridgehead atoms. The van der Waals surface area contributed by atoms with Crippen LogP contribution in [-0.4, -0.2) is 22.0 Å². The van der Waals surface area contributed by atoms with Gasteiger partial charge in [0.15, 0.2) is 5.13 Å². The molecule has 8 heteroatoms. The van der Waals surface area contributed by atoms with Crippen molar-refractivity contribution in [3.8, 4) is 17.3 Å². The summed E-state index contributed by atoms with van der Waals surface area (Å²) < 4.78 is 0. The van der Waals surface area contributed by atoms with E-state index >= 15 is 0 Å². The van der Waals surface area contributed by atoms with Crippen LogP contribution < -0.4 is 5.32 Å². The van der Waals surface area contributed by atoms with Gasteiger partial charge in [0.2, 0.25) is 5.91 Å². The summed E-state index contributed by atoms with van der Waals surface area (Å²) in [5.41, 5.74) is 1.18. The van der Waals surface area contributed by atoms with Crippen molar-refractivity contribution >= 4 is 39.9 Å². The van der Waals surface area contributed by atoms with Crippen LogP contribution in [0.2, 0.25) is 5.02 Å². The first kappa shape index (κ1) is 18.4. The van der Waals surface area contributed by atoms with Crippen LogP contribution in [-0.2, 0) is 9.59 Å². The molecule has 1 aromatic carbocycles. The predicted molar refractivity (Wildman–Crippen MR) is 99.0 cm³/mol. The highest BCUT2D eigenvalue weighted by atomic mass is 35.5. The lowest BCUT2D eigenvalue weighted by Gasteiger charge is -2.25. The molecule has 0 unspecified atom stereocenters. The number of carbonyl (C=O) groups is 2. The Bertz CT molecular complexity index is 890. The van der Waals surface area contributed by atoms with Crippen molar-refractivity contribution in [1.82, 2.24) is 4.98 Å². The fourth-order valence-electron chi connectivity index (χ4n) is 3.14. The van der Waals surface area contributed by atoms with E-state index in [0.717, 1.165) is 11.3 Å². The van der Waals surface area contributed by atoms with Crippen molar-refractivity contribution in [3.63, 3.8) is 0 Å². The van der Waals surface area contributed by atoms with Crippen molar-refractivity contribution < 1.29 is 14.7 Å². The Hall–Kier alpha value is -2.43. The molecule has 1 fully saturated rings. The zero-order valence-corrected chi connectivity index (χ0v) is 15.3. The molecule has 2 atom stereocenters. The first-order valence-corrected chi connectivity index (χ1v) is 9.38. The smallest absolute Gasteiger partial charge is 0.306 e. The minimum absolute atomic E-state index is 0.244. The van der Waals surface area contributed by atoms with Gasteiger partial charge >= 0.3 is 5.97 Å². The van der Waals surface area contributed by atoms with Gasteiger partial charge in [0.1, 0.15) is 16.6 Å². The third-order valence-corrected chi connectivity index (χ3v) is 5.56. The average molecular weight is 390 g/mol. The number of halogens is 1. The maximum atomic E-state index is 12.5. The summed E-state index contributed by atoms with van der Waals surface area (Å²) in [7, 11) is 0. The van der Waals surface area contributed by atoms with Crippen LogP contribution >= 0.6 is 22.9 Å². The van der Waals surface area contributed by atoms with E-state index in [1.165, 1.54) is 0 Å². The van der Waals surface area contributed by atoms with E-state index in [0.29, 0.717) is 52.0 Å². The highest BCUT2D eigenvalue weighted by Gasteiger charge is 2.31. The highest BCUT2D eigenvalue weighted by Crippen LogP contribution is 2.34. The fourth-order valence-corrected chi connectivity index (χ4v) is 4.12. The number of hydrogen-bond acceptors (Lipinski definition) is 5. The average Bonchev–Trinajstić information content (AvgIpc) is 3.04. The molecular formula is C18H16ClN3O3S. The van der Waals surface area contributed by atoms with Crippen LogP contribution in [0.5, 0.6) is 0 Å². The van der Waals surface area contributed by atoms with Crippen molar-refractivity contribution in [3.05, 3.63) is 34.2 Å². The van der Waals surface area contributed by atoms with E-state index < -0.39 is 11.9 Å². The van der Waals surface area contributed by atoms with E-state index in [1.807, 2.05) is 0 Å². The number of carbonyl (C=O) groups excluding carboxylic acids is 1. The van der Waals surface area contributed by atoms with Gasteiger partial charge in [-0.1, -0.05) is 41.5 Å². The molecule has 1 aliphatic rings. The molecule has 0 aliphatic heterocycles. The lowest BCUT2D eigenvalue weighted by Crippen LogP contribution is -2.30. The van der Waals surface area contributed by atoms with Gasteiger partial charge in [0, 0.05) is 16.5 Å². The van der Waals surface area contributed by atoms with Gasteiger partial charge in [-0.3, -0.25) is 9.59 Å². The highest BCUT2D eigenvalue weighted by molar-refractivity contribution is 7.16. The topological polar surface area (TPSA) is 103 Å². The van der Waals surface area contributed by atoms with E-state index in [1.54, 1.807) is 24.3 Å². The number of aromatic nitrogens is 1. The Labute approximate surface area is 159 Å². The van der Waals surface area contributed by atoms with Gasteiger partial charge in [-0.05, 0) is 31.4 Å². The Kier molecular flexibility index (Phi) is 5.55. The second-order valence-electron chi connectivity index (χ2n) is 6.21. The van der Waals surface area contributed by atoms with E-state index in [-0.39, 0.29) is 11.8 Å². The largest absolute Gasteiger partial charge is 0.481 e. The number of rotatable bonds is 4. The Morgan fingerprint density at radius 3 is 2.81 bits per heavy atom. The minimum Gasteiger partial charge on any atom is -0.481 e. The molecule has 6 nitrogen and oxygen atoms in total. The molecular weight excluding hydrogens is 374 g/mol. The summed E-state index contributed by atoms with van der Waals surface area (Å²) in [5, 5.41) is 22.1. The van der Waals surface area contributed by atoms with Crippen molar-refractivity contribution in [1.29, 1.82) is 5.26 Å². The molecule has 3 rings (SSSR count). The molecule has 0 saturated heterocycles. The molecule has 2 N–H and O–H groups in total. The van der Waals surface area contributed by atoms with Crippen molar-refractivity contribution in [2.45, 2.75) is 25.7 Å². The van der Waals surface area contributed by atoms with E-state index in [9.17, 15) is 14.9 Å². The molecule has 1 heterocycles. The third kappa shape index (κ3) is 4.03. The number of nitrogens with one attached hydrogen (secondary N) is 1. The van der Waals surface area contributed by atoms with Crippen LogP contribution in [0.15, 0.2) is 24.3 Å². The van der Waals surface area contributed by atoms with Gasteiger partial charge in [-0.15, -0.1) is 0 Å².